The van der Waals surface area contributed by atoms with Gasteiger partial charge in [-0.25, -0.2) is 0 Å². The van der Waals surface area contributed by atoms with E-state index in [-0.39, 0.29) is 10.7 Å². The molecule has 0 unspecified atom stereocenters. The number of nitrogens with zero attached hydrogens (tertiary/aromatic N) is 2. The Balaban J connectivity index is 1.62. The van der Waals surface area contributed by atoms with Crippen molar-refractivity contribution in [1.29, 1.82) is 0 Å². The van der Waals surface area contributed by atoms with Gasteiger partial charge in [-0.1, -0.05) is 30.3 Å². The van der Waals surface area contributed by atoms with Gasteiger partial charge in [0.25, 0.3) is 11.8 Å². The van der Waals surface area contributed by atoms with Crippen molar-refractivity contribution < 1.29 is 14.3 Å². The fraction of sp³-hybridized carbons (Fsp3) is 0.208. The number of fused-ring (bicyclic) bond motifs is 1. The zero-order valence-electron chi connectivity index (χ0n) is 17.6. The van der Waals surface area contributed by atoms with Gasteiger partial charge in [0.05, 0.1) is 6.54 Å². The summed E-state index contributed by atoms with van der Waals surface area (Å²) in [6.45, 7) is 5.19. The van der Waals surface area contributed by atoms with Crippen LogP contribution in [0.1, 0.15) is 16.7 Å². The Morgan fingerprint density at radius 2 is 1.90 bits per heavy atom. The van der Waals surface area contributed by atoms with Crippen LogP contribution in [0.5, 0.6) is 5.75 Å². The molecule has 7 heteroatoms. The second-order valence-corrected chi connectivity index (χ2v) is 7.98. The van der Waals surface area contributed by atoms with Crippen LogP contribution < -0.4 is 10.1 Å². The van der Waals surface area contributed by atoms with Gasteiger partial charge < -0.3 is 9.30 Å². The highest BCUT2D eigenvalue weighted by molar-refractivity contribution is 7.80. The molecule has 1 saturated heterocycles. The molecule has 0 radical (unpaired) electrons. The van der Waals surface area contributed by atoms with Crippen molar-refractivity contribution in [3.05, 3.63) is 70.9 Å². The number of carbonyl (C=O) groups is 2. The second-order valence-electron chi connectivity index (χ2n) is 7.59. The van der Waals surface area contributed by atoms with Gasteiger partial charge in [0.1, 0.15) is 17.9 Å². The monoisotopic (exact) mass is 433 g/mol. The van der Waals surface area contributed by atoms with Gasteiger partial charge in [-0.2, -0.15) is 0 Å². The number of nitrogens with one attached hydrogen (secondary N) is 1. The van der Waals surface area contributed by atoms with E-state index in [1.807, 2.05) is 50.4 Å². The molecule has 1 aliphatic heterocycles. The molecule has 158 valence electrons. The van der Waals surface area contributed by atoms with Crippen molar-refractivity contribution >= 4 is 46.1 Å². The van der Waals surface area contributed by atoms with Gasteiger partial charge in [-0.15, -0.1) is 0 Å². The number of para-hydroxylation sites is 1. The number of carbonyl (C=O) groups excluding carboxylic acids is 2. The van der Waals surface area contributed by atoms with Crippen molar-refractivity contribution in [1.82, 2.24) is 14.8 Å². The van der Waals surface area contributed by atoms with E-state index in [0.717, 1.165) is 33.3 Å². The van der Waals surface area contributed by atoms with Crippen LogP contribution >= 0.6 is 12.2 Å². The lowest BCUT2D eigenvalue weighted by Gasteiger charge is -2.24. The fourth-order valence-corrected chi connectivity index (χ4v) is 3.77. The van der Waals surface area contributed by atoms with Gasteiger partial charge >= 0.3 is 0 Å². The Kier molecular flexibility index (Phi) is 5.61. The van der Waals surface area contributed by atoms with Crippen molar-refractivity contribution in [3.8, 4) is 5.75 Å². The van der Waals surface area contributed by atoms with Crippen LogP contribution in [0.4, 0.5) is 0 Å². The minimum atomic E-state index is -0.483. The summed E-state index contributed by atoms with van der Waals surface area (Å²) in [6, 6.07) is 14.0. The maximum Gasteiger partial charge on any atom is 0.265 e. The van der Waals surface area contributed by atoms with E-state index in [2.05, 4.69) is 22.0 Å². The number of hydrogen-bond acceptors (Lipinski definition) is 4. The molecule has 0 bridgehead atoms. The second kappa shape index (κ2) is 8.35. The first-order chi connectivity index (χ1) is 14.8. The van der Waals surface area contributed by atoms with Crippen molar-refractivity contribution in [2.45, 2.75) is 20.4 Å². The molecule has 2 amide bonds. The van der Waals surface area contributed by atoms with Crippen molar-refractivity contribution in [2.24, 2.45) is 0 Å². The first-order valence-corrected chi connectivity index (χ1v) is 10.4. The third-order valence-electron chi connectivity index (χ3n) is 5.36. The third-order valence-corrected chi connectivity index (χ3v) is 5.73. The Morgan fingerprint density at radius 1 is 1.13 bits per heavy atom. The molecular weight excluding hydrogens is 410 g/mol. The van der Waals surface area contributed by atoms with Crippen LogP contribution in [0.3, 0.4) is 0 Å². The van der Waals surface area contributed by atoms with Crippen LogP contribution in [0.25, 0.3) is 17.0 Å². The first kappa shape index (κ1) is 20.8. The van der Waals surface area contributed by atoms with Crippen LogP contribution in [-0.2, 0) is 16.1 Å². The maximum absolute atomic E-state index is 12.6. The summed E-state index contributed by atoms with van der Waals surface area (Å²) in [5, 5.41) is 3.62. The van der Waals surface area contributed by atoms with Gasteiger partial charge in [0.2, 0.25) is 0 Å². The van der Waals surface area contributed by atoms with Gasteiger partial charge in [0, 0.05) is 29.7 Å². The highest BCUT2D eigenvalue weighted by Gasteiger charge is 2.31. The van der Waals surface area contributed by atoms with Crippen molar-refractivity contribution in [2.75, 3.05) is 13.7 Å². The fourth-order valence-electron chi connectivity index (χ4n) is 3.59. The van der Waals surface area contributed by atoms with Crippen LogP contribution in [-0.4, -0.2) is 40.0 Å². The SMILES string of the molecule is Cc1ccc(C)c(OCCn2cc(C=C3C(=O)NC(=S)N(C)C3=O)c3ccccc32)c1. The number of aryl methyl sites for hydroxylation is 2. The van der Waals surface area contributed by atoms with Gasteiger partial charge in [0.15, 0.2) is 5.11 Å². The molecule has 1 N–H and O–H groups in total. The zero-order valence-corrected chi connectivity index (χ0v) is 18.5. The lowest BCUT2D eigenvalue weighted by atomic mass is 10.1. The summed E-state index contributed by atoms with van der Waals surface area (Å²) < 4.78 is 8.09. The summed E-state index contributed by atoms with van der Waals surface area (Å²) in [6.07, 6.45) is 3.57. The van der Waals surface area contributed by atoms with E-state index in [1.165, 1.54) is 4.90 Å². The largest absolute Gasteiger partial charge is 0.491 e. The van der Waals surface area contributed by atoms with E-state index in [0.29, 0.717) is 13.2 Å². The molecule has 3 aromatic rings. The summed E-state index contributed by atoms with van der Waals surface area (Å²) in [7, 11) is 1.55. The number of likely N-dealkylation sites (N-methyl/N-ethyl adjacent to an activating group) is 1. The van der Waals surface area contributed by atoms with Crippen LogP contribution in [0.2, 0.25) is 0 Å². The minimum Gasteiger partial charge on any atom is -0.491 e. The summed E-state index contributed by atoms with van der Waals surface area (Å²) in [5.41, 5.74) is 4.11. The average molecular weight is 434 g/mol. The third kappa shape index (κ3) is 4.09. The molecule has 0 atom stereocenters. The Bertz CT molecular complexity index is 1240. The van der Waals surface area contributed by atoms with E-state index >= 15 is 0 Å². The molecule has 1 fully saturated rings. The van der Waals surface area contributed by atoms with E-state index in [1.54, 1.807) is 13.1 Å². The smallest absolute Gasteiger partial charge is 0.265 e. The molecule has 2 aromatic carbocycles. The molecule has 1 aromatic heterocycles. The molecule has 6 nitrogen and oxygen atoms in total. The van der Waals surface area contributed by atoms with E-state index in [9.17, 15) is 9.59 Å². The quantitative estimate of drug-likeness (QED) is 0.379. The van der Waals surface area contributed by atoms with Gasteiger partial charge in [-0.05, 0) is 55.4 Å². The highest BCUT2D eigenvalue weighted by atomic mass is 32.1. The highest BCUT2D eigenvalue weighted by Crippen LogP contribution is 2.25. The average Bonchev–Trinajstić information content (AvgIpc) is 3.10. The zero-order chi connectivity index (χ0) is 22.1. The summed E-state index contributed by atoms with van der Waals surface area (Å²) in [5.74, 6) is -0.0192. The topological polar surface area (TPSA) is 63.6 Å². The van der Waals surface area contributed by atoms with Gasteiger partial charge in [-0.3, -0.25) is 19.8 Å². The number of thiocarbonyl (C=S) groups is 1. The van der Waals surface area contributed by atoms with E-state index < -0.39 is 11.8 Å². The Labute approximate surface area is 186 Å². The van der Waals surface area contributed by atoms with Crippen LogP contribution in [0.15, 0.2) is 54.2 Å². The standard InChI is InChI=1S/C24H23N3O3S/c1-15-8-9-16(2)21(12-15)30-11-10-27-14-17(18-6-4-5-7-20(18)27)13-19-22(28)25-24(31)26(3)23(19)29/h4-9,12-14H,10-11H2,1-3H3,(H,25,28,31). The lowest BCUT2D eigenvalue weighted by molar-refractivity contribution is -0.128. The number of rotatable bonds is 5. The molecule has 1 aliphatic rings. The predicted octanol–water partition coefficient (Wildman–Crippen LogP) is 3.59. The number of hydrogen-bond donors (Lipinski definition) is 1. The van der Waals surface area contributed by atoms with E-state index in [4.69, 9.17) is 17.0 Å². The number of aromatic nitrogens is 1. The summed E-state index contributed by atoms with van der Waals surface area (Å²) in [4.78, 5) is 26.2. The number of ether oxygens (including phenoxy) is 1. The number of benzene rings is 2. The van der Waals surface area contributed by atoms with Crippen LogP contribution in [0, 0.1) is 13.8 Å². The Hall–Kier alpha value is -3.45. The molecule has 0 saturated carbocycles. The normalized spacial score (nSPS) is 15.6. The Morgan fingerprint density at radius 3 is 2.71 bits per heavy atom. The molecular formula is C24H23N3O3S. The molecule has 31 heavy (non-hydrogen) atoms. The molecule has 4 rings (SSSR count). The minimum absolute atomic E-state index is 0.0608. The first-order valence-electron chi connectivity index (χ1n) is 9.98. The molecule has 0 spiro atoms. The lowest BCUT2D eigenvalue weighted by Crippen LogP contribution is -2.52. The molecule has 2 heterocycles. The van der Waals surface area contributed by atoms with Crippen molar-refractivity contribution in [3.63, 3.8) is 0 Å². The number of amides is 2. The maximum atomic E-state index is 12.6. The predicted molar refractivity (Wildman–Crippen MR) is 125 cm³/mol. The summed E-state index contributed by atoms with van der Waals surface area (Å²) >= 11 is 5.01. The molecule has 0 aliphatic carbocycles.